The zero-order chi connectivity index (χ0) is 13.8. The Hall–Kier alpha value is -2.37. The molecular weight excluding hydrogens is 246 g/mol. The van der Waals surface area contributed by atoms with Crippen molar-refractivity contribution in [3.63, 3.8) is 0 Å². The van der Waals surface area contributed by atoms with Crippen LogP contribution in [-0.4, -0.2) is 33.2 Å². The predicted molar refractivity (Wildman–Crippen MR) is 69.0 cm³/mol. The van der Waals surface area contributed by atoms with Gasteiger partial charge in [0.2, 0.25) is 0 Å². The molecule has 100 valence electrons. The molecule has 2 aromatic rings. The van der Waals surface area contributed by atoms with Gasteiger partial charge in [0.25, 0.3) is 0 Å². The zero-order valence-electron chi connectivity index (χ0n) is 10.8. The maximum Gasteiger partial charge on any atom is 0.325 e. The molecule has 2 rings (SSSR count). The van der Waals surface area contributed by atoms with Gasteiger partial charge in [-0.15, -0.1) is 5.10 Å². The monoisotopic (exact) mass is 261 g/mol. The number of methoxy groups -OCH3 is 1. The first-order valence-electron chi connectivity index (χ1n) is 5.93. The second kappa shape index (κ2) is 5.51. The molecule has 1 aromatic carbocycles. The third-order valence-electron chi connectivity index (χ3n) is 2.79. The fourth-order valence-corrected chi connectivity index (χ4v) is 1.86. The molecule has 0 aliphatic heterocycles. The van der Waals surface area contributed by atoms with Gasteiger partial charge < -0.3 is 9.84 Å². The summed E-state index contributed by atoms with van der Waals surface area (Å²) in [7, 11) is 1.64. The molecule has 0 bridgehead atoms. The number of rotatable bonds is 5. The molecule has 0 atom stereocenters. The number of aryl methyl sites for hydroxylation is 1. The molecule has 6 heteroatoms. The van der Waals surface area contributed by atoms with Crippen molar-refractivity contribution in [3.8, 4) is 17.0 Å². The summed E-state index contributed by atoms with van der Waals surface area (Å²) in [5.74, 6) is -0.107. The molecular formula is C13H15N3O3. The number of ether oxygens (including phenoxy) is 1. The largest absolute Gasteiger partial charge is 0.496 e. The van der Waals surface area contributed by atoms with Gasteiger partial charge in [0.1, 0.15) is 18.0 Å². The number of carboxylic acid groups (broad SMARTS) is 1. The van der Waals surface area contributed by atoms with Crippen molar-refractivity contribution in [3.05, 3.63) is 30.0 Å². The topological polar surface area (TPSA) is 77.2 Å². The van der Waals surface area contributed by atoms with E-state index in [1.165, 1.54) is 4.68 Å². The lowest BCUT2D eigenvalue weighted by molar-refractivity contribution is -0.137. The maximum absolute atomic E-state index is 10.6. The second-order valence-electron chi connectivity index (χ2n) is 4.08. The Labute approximate surface area is 110 Å². The molecule has 19 heavy (non-hydrogen) atoms. The van der Waals surface area contributed by atoms with E-state index in [0.717, 1.165) is 23.3 Å². The lowest BCUT2D eigenvalue weighted by atomic mass is 10.1. The SMILES string of the molecule is CCc1cc(-c2cn(CC(=O)O)nn2)ccc1OC. The van der Waals surface area contributed by atoms with Gasteiger partial charge in [-0.2, -0.15) is 0 Å². The van der Waals surface area contributed by atoms with Gasteiger partial charge in [0.05, 0.1) is 13.3 Å². The third kappa shape index (κ3) is 2.90. The van der Waals surface area contributed by atoms with Crippen molar-refractivity contribution < 1.29 is 14.6 Å². The summed E-state index contributed by atoms with van der Waals surface area (Å²) >= 11 is 0. The quantitative estimate of drug-likeness (QED) is 0.884. The van der Waals surface area contributed by atoms with Crippen molar-refractivity contribution in [1.29, 1.82) is 0 Å². The van der Waals surface area contributed by atoms with Crippen molar-refractivity contribution in [2.75, 3.05) is 7.11 Å². The number of hydrogen-bond acceptors (Lipinski definition) is 4. The molecule has 0 radical (unpaired) electrons. The molecule has 0 amide bonds. The van der Waals surface area contributed by atoms with Crippen molar-refractivity contribution >= 4 is 5.97 Å². The third-order valence-corrected chi connectivity index (χ3v) is 2.79. The summed E-state index contributed by atoms with van der Waals surface area (Å²) < 4.78 is 6.57. The Morgan fingerprint density at radius 1 is 1.47 bits per heavy atom. The lowest BCUT2D eigenvalue weighted by Gasteiger charge is -2.07. The minimum Gasteiger partial charge on any atom is -0.496 e. The number of hydrogen-bond donors (Lipinski definition) is 1. The summed E-state index contributed by atoms with van der Waals surface area (Å²) in [6.07, 6.45) is 2.47. The van der Waals surface area contributed by atoms with E-state index in [1.54, 1.807) is 13.3 Å². The highest BCUT2D eigenvalue weighted by molar-refractivity contribution is 5.67. The predicted octanol–water partition coefficient (Wildman–Crippen LogP) is 1.60. The highest BCUT2D eigenvalue weighted by Gasteiger charge is 2.09. The average molecular weight is 261 g/mol. The van der Waals surface area contributed by atoms with Gasteiger partial charge in [-0.25, -0.2) is 4.68 Å². The molecule has 1 N–H and O–H groups in total. The number of aliphatic carboxylic acids is 1. The molecule has 1 aromatic heterocycles. The van der Waals surface area contributed by atoms with Crippen molar-refractivity contribution in [2.45, 2.75) is 19.9 Å². The highest BCUT2D eigenvalue weighted by atomic mass is 16.5. The Kier molecular flexibility index (Phi) is 3.79. The van der Waals surface area contributed by atoms with Gasteiger partial charge in [-0.1, -0.05) is 12.1 Å². The molecule has 0 unspecified atom stereocenters. The van der Waals surface area contributed by atoms with Gasteiger partial charge in [-0.3, -0.25) is 4.79 Å². The van der Waals surface area contributed by atoms with Crippen LogP contribution in [0.2, 0.25) is 0 Å². The minimum absolute atomic E-state index is 0.191. The van der Waals surface area contributed by atoms with Crippen molar-refractivity contribution in [2.24, 2.45) is 0 Å². The van der Waals surface area contributed by atoms with Gasteiger partial charge in [0, 0.05) is 5.56 Å². The van der Waals surface area contributed by atoms with Crippen LogP contribution in [0.1, 0.15) is 12.5 Å². The van der Waals surface area contributed by atoms with Crippen LogP contribution in [0, 0.1) is 0 Å². The Bertz CT molecular complexity index is 593. The first-order valence-corrected chi connectivity index (χ1v) is 5.93. The number of carboxylic acids is 1. The molecule has 0 saturated carbocycles. The van der Waals surface area contributed by atoms with Crippen LogP contribution in [0.4, 0.5) is 0 Å². The molecule has 6 nitrogen and oxygen atoms in total. The standard InChI is InChI=1S/C13H15N3O3/c1-3-9-6-10(4-5-12(9)19-2)11-7-16(15-14-11)8-13(17)18/h4-7H,3,8H2,1-2H3,(H,17,18). The molecule has 0 aliphatic rings. The smallest absolute Gasteiger partial charge is 0.325 e. The summed E-state index contributed by atoms with van der Waals surface area (Å²) in [4.78, 5) is 10.6. The van der Waals surface area contributed by atoms with Crippen LogP contribution in [0.15, 0.2) is 24.4 Å². The van der Waals surface area contributed by atoms with Gasteiger partial charge in [-0.05, 0) is 30.2 Å². The number of carbonyl (C=O) groups is 1. The van der Waals surface area contributed by atoms with E-state index in [9.17, 15) is 4.79 Å². The van der Waals surface area contributed by atoms with Crippen LogP contribution >= 0.6 is 0 Å². The lowest BCUT2D eigenvalue weighted by Crippen LogP contribution is -2.08. The van der Waals surface area contributed by atoms with Gasteiger partial charge in [0.15, 0.2) is 0 Å². The maximum atomic E-state index is 10.6. The van der Waals surface area contributed by atoms with Crippen LogP contribution in [-0.2, 0) is 17.8 Å². The van der Waals surface area contributed by atoms with E-state index >= 15 is 0 Å². The van der Waals surface area contributed by atoms with Crippen LogP contribution < -0.4 is 4.74 Å². The van der Waals surface area contributed by atoms with E-state index in [0.29, 0.717) is 5.69 Å². The van der Waals surface area contributed by atoms with E-state index in [1.807, 2.05) is 25.1 Å². The summed E-state index contributed by atoms with van der Waals surface area (Å²) in [6, 6.07) is 5.74. The molecule has 0 aliphatic carbocycles. The van der Waals surface area contributed by atoms with E-state index < -0.39 is 5.97 Å². The summed E-state index contributed by atoms with van der Waals surface area (Å²) in [5, 5.41) is 16.5. The van der Waals surface area contributed by atoms with Crippen molar-refractivity contribution in [1.82, 2.24) is 15.0 Å². The molecule has 0 saturated heterocycles. The van der Waals surface area contributed by atoms with Crippen LogP contribution in [0.5, 0.6) is 5.75 Å². The molecule has 0 fully saturated rings. The average Bonchev–Trinajstić information content (AvgIpc) is 2.85. The molecule has 0 spiro atoms. The number of nitrogens with zero attached hydrogens (tertiary/aromatic N) is 3. The zero-order valence-corrected chi connectivity index (χ0v) is 10.8. The first kappa shape index (κ1) is 13.1. The fourth-order valence-electron chi connectivity index (χ4n) is 1.86. The summed E-state index contributed by atoms with van der Waals surface area (Å²) in [5.41, 5.74) is 2.63. The minimum atomic E-state index is -0.944. The van der Waals surface area contributed by atoms with E-state index in [2.05, 4.69) is 10.3 Å². The first-order chi connectivity index (χ1) is 9.13. The normalized spacial score (nSPS) is 10.4. The van der Waals surface area contributed by atoms with Gasteiger partial charge >= 0.3 is 5.97 Å². The van der Waals surface area contributed by atoms with E-state index in [-0.39, 0.29) is 6.54 Å². The Balaban J connectivity index is 2.31. The Morgan fingerprint density at radius 2 is 2.26 bits per heavy atom. The summed E-state index contributed by atoms with van der Waals surface area (Å²) in [6.45, 7) is 1.85. The van der Waals surface area contributed by atoms with Crippen LogP contribution in [0.3, 0.4) is 0 Å². The van der Waals surface area contributed by atoms with Crippen LogP contribution in [0.25, 0.3) is 11.3 Å². The molecule has 1 heterocycles. The fraction of sp³-hybridized carbons (Fsp3) is 0.308. The highest BCUT2D eigenvalue weighted by Crippen LogP contribution is 2.25. The van der Waals surface area contributed by atoms with E-state index in [4.69, 9.17) is 9.84 Å². The number of aromatic nitrogens is 3. The number of benzene rings is 1. The second-order valence-corrected chi connectivity index (χ2v) is 4.08. The Morgan fingerprint density at radius 3 is 2.89 bits per heavy atom.